The van der Waals surface area contributed by atoms with E-state index >= 15 is 0 Å². The predicted octanol–water partition coefficient (Wildman–Crippen LogP) is -0.430. The summed E-state index contributed by atoms with van der Waals surface area (Å²) in [4.78, 5) is 21.8. The van der Waals surface area contributed by atoms with Gasteiger partial charge in [-0.3, -0.25) is 14.1 Å². The summed E-state index contributed by atoms with van der Waals surface area (Å²) < 4.78 is 28.6. The van der Waals surface area contributed by atoms with Crippen LogP contribution in [-0.2, 0) is 19.7 Å². The maximum atomic E-state index is 11.1. The van der Waals surface area contributed by atoms with E-state index in [9.17, 15) is 18.0 Å². The molecule has 2 unspecified atom stereocenters. The molecule has 0 amide bonds. The Morgan fingerprint density at radius 1 is 1.24 bits per heavy atom. The van der Waals surface area contributed by atoms with Crippen LogP contribution in [-0.4, -0.2) is 91.3 Å². The number of carboxylic acid groups (broad SMARTS) is 2. The molecular formula is C8H15KO7S. The van der Waals surface area contributed by atoms with Crippen LogP contribution in [0.1, 0.15) is 26.7 Å². The number of carbonyl (C=O) groups is 2. The van der Waals surface area contributed by atoms with Crippen LogP contribution in [0.2, 0.25) is 0 Å². The minimum atomic E-state index is -5.01. The molecule has 0 radical (unpaired) electrons. The van der Waals surface area contributed by atoms with Crippen LogP contribution in [0.5, 0.6) is 0 Å². The Hall–Kier alpha value is 0.486. The van der Waals surface area contributed by atoms with Gasteiger partial charge in [-0.15, -0.1) is 0 Å². The maximum absolute atomic E-state index is 11.1. The van der Waals surface area contributed by atoms with E-state index in [1.54, 1.807) is 0 Å². The van der Waals surface area contributed by atoms with Gasteiger partial charge in [0.05, 0.1) is 5.92 Å². The number of aliphatic carboxylic acids is 2. The molecule has 0 aliphatic heterocycles. The van der Waals surface area contributed by atoms with Crippen LogP contribution in [0.3, 0.4) is 0 Å². The third kappa shape index (κ3) is 3.72. The van der Waals surface area contributed by atoms with Crippen LogP contribution >= 0.6 is 0 Å². The fourth-order valence-corrected chi connectivity index (χ4v) is 2.94. The van der Waals surface area contributed by atoms with Gasteiger partial charge in [-0.2, -0.15) is 8.42 Å². The Bertz CT molecular complexity index is 391. The molecule has 3 N–H and O–H groups in total. The summed E-state index contributed by atoms with van der Waals surface area (Å²) in [6.45, 7) is 2.55. The number of carboxylic acids is 2. The van der Waals surface area contributed by atoms with Crippen molar-refractivity contribution in [3.05, 3.63) is 0 Å². The van der Waals surface area contributed by atoms with Crippen molar-refractivity contribution in [1.82, 2.24) is 0 Å². The van der Waals surface area contributed by atoms with Crippen molar-refractivity contribution in [2.45, 2.75) is 31.4 Å². The van der Waals surface area contributed by atoms with E-state index in [4.69, 9.17) is 14.8 Å². The Labute approximate surface area is 142 Å². The summed E-state index contributed by atoms with van der Waals surface area (Å²) in [5, 5.41) is 17.7. The van der Waals surface area contributed by atoms with Gasteiger partial charge in [-0.25, -0.2) is 0 Å². The molecule has 0 heterocycles. The first-order valence-electron chi connectivity index (χ1n) is 4.58. The second-order valence-electron chi connectivity index (χ2n) is 3.32. The van der Waals surface area contributed by atoms with E-state index in [-0.39, 0.29) is 57.8 Å². The van der Waals surface area contributed by atoms with Crippen LogP contribution in [0.15, 0.2) is 0 Å². The summed E-state index contributed by atoms with van der Waals surface area (Å²) in [5.74, 6) is -5.11. The molecule has 0 saturated heterocycles. The summed E-state index contributed by atoms with van der Waals surface area (Å²) in [6, 6.07) is 0. The van der Waals surface area contributed by atoms with Crippen molar-refractivity contribution >= 4 is 73.4 Å². The van der Waals surface area contributed by atoms with Gasteiger partial charge in [0.25, 0.3) is 10.1 Å². The van der Waals surface area contributed by atoms with E-state index < -0.39 is 39.1 Å². The van der Waals surface area contributed by atoms with Crippen molar-refractivity contribution in [2.75, 3.05) is 0 Å². The van der Waals surface area contributed by atoms with Crippen LogP contribution in [0, 0.1) is 5.92 Å². The van der Waals surface area contributed by atoms with E-state index in [0.717, 1.165) is 0 Å². The number of hydrogen-bond acceptors (Lipinski definition) is 4. The van der Waals surface area contributed by atoms with Gasteiger partial charge in [0.2, 0.25) is 4.75 Å². The quantitative estimate of drug-likeness (QED) is 0.447. The fourth-order valence-electron chi connectivity index (χ4n) is 1.72. The van der Waals surface area contributed by atoms with Crippen LogP contribution < -0.4 is 0 Å². The standard InChI is InChI=1S/C8H14O7S.K.H/c1-3-5(6(9)10)8(4-2,7(11)12)16(13,14)15;;/h5H,3-4H2,1-2H3,(H,9,10)(H,11,12)(H,13,14,15);;. The van der Waals surface area contributed by atoms with E-state index in [0.29, 0.717) is 0 Å². The first kappa shape index (κ1) is 19.8. The molecule has 0 aromatic rings. The Balaban J connectivity index is 0. The topological polar surface area (TPSA) is 129 Å². The average Bonchev–Trinajstić information content (AvgIpc) is 2.10. The number of rotatable bonds is 6. The summed E-state index contributed by atoms with van der Waals surface area (Å²) in [7, 11) is -5.01. The molecule has 0 bridgehead atoms. The van der Waals surface area contributed by atoms with Crippen molar-refractivity contribution < 1.29 is 32.8 Å². The first-order valence-corrected chi connectivity index (χ1v) is 6.02. The summed E-state index contributed by atoms with van der Waals surface area (Å²) in [6.07, 6.45) is -0.735. The Morgan fingerprint density at radius 2 is 1.65 bits per heavy atom. The Kier molecular flexibility index (Phi) is 8.36. The average molecular weight is 294 g/mol. The van der Waals surface area contributed by atoms with E-state index in [2.05, 4.69) is 0 Å². The van der Waals surface area contributed by atoms with E-state index in [1.807, 2.05) is 0 Å². The molecule has 7 nitrogen and oxygen atoms in total. The van der Waals surface area contributed by atoms with Crippen molar-refractivity contribution in [2.24, 2.45) is 5.92 Å². The normalized spacial score (nSPS) is 16.4. The monoisotopic (exact) mass is 294 g/mol. The molecule has 9 heteroatoms. The molecule has 0 fully saturated rings. The summed E-state index contributed by atoms with van der Waals surface area (Å²) >= 11 is 0. The van der Waals surface area contributed by atoms with Crippen molar-refractivity contribution in [3.8, 4) is 0 Å². The minimum absolute atomic E-state index is 0. The van der Waals surface area contributed by atoms with Gasteiger partial charge in [-0.05, 0) is 12.8 Å². The zero-order valence-corrected chi connectivity index (χ0v) is 9.69. The molecule has 0 rings (SSSR count). The Morgan fingerprint density at radius 3 is 1.71 bits per heavy atom. The fraction of sp³-hybridized carbons (Fsp3) is 0.750. The SMILES string of the molecule is CCC(C(=O)O)C(CC)(C(=O)O)S(=O)(=O)O.[KH]. The van der Waals surface area contributed by atoms with Crippen molar-refractivity contribution in [1.29, 1.82) is 0 Å². The van der Waals surface area contributed by atoms with Gasteiger partial charge < -0.3 is 10.2 Å². The zero-order chi connectivity index (χ0) is 13.1. The molecule has 0 aliphatic carbocycles. The second kappa shape index (κ2) is 7.17. The molecule has 0 aliphatic rings. The molecule has 96 valence electrons. The zero-order valence-electron chi connectivity index (χ0n) is 8.87. The molecule has 2 atom stereocenters. The summed E-state index contributed by atoms with van der Waals surface area (Å²) in [5.41, 5.74) is 0. The molecule has 0 saturated carbocycles. The van der Waals surface area contributed by atoms with E-state index in [1.165, 1.54) is 13.8 Å². The third-order valence-electron chi connectivity index (χ3n) is 2.62. The van der Waals surface area contributed by atoms with Crippen LogP contribution in [0.4, 0.5) is 0 Å². The van der Waals surface area contributed by atoms with Crippen molar-refractivity contribution in [3.63, 3.8) is 0 Å². The predicted molar refractivity (Wildman–Crippen MR) is 60.8 cm³/mol. The van der Waals surface area contributed by atoms with Gasteiger partial charge in [0.1, 0.15) is 0 Å². The second-order valence-corrected chi connectivity index (χ2v) is 5.00. The molecule has 0 aromatic heterocycles. The molecule has 0 aromatic carbocycles. The van der Waals surface area contributed by atoms with Gasteiger partial charge >= 0.3 is 63.3 Å². The van der Waals surface area contributed by atoms with Gasteiger partial charge in [-0.1, -0.05) is 13.8 Å². The third-order valence-corrected chi connectivity index (χ3v) is 4.29. The molecule has 17 heavy (non-hydrogen) atoms. The van der Waals surface area contributed by atoms with Gasteiger partial charge in [0, 0.05) is 0 Å². The number of hydrogen-bond donors (Lipinski definition) is 3. The molecular weight excluding hydrogens is 279 g/mol. The van der Waals surface area contributed by atoms with Gasteiger partial charge in [0.15, 0.2) is 0 Å². The molecule has 0 spiro atoms. The first-order chi connectivity index (χ1) is 7.15. The van der Waals surface area contributed by atoms with Crippen LogP contribution in [0.25, 0.3) is 0 Å².